The number of para-hydroxylation sites is 1. The van der Waals surface area contributed by atoms with Gasteiger partial charge in [-0.2, -0.15) is 0 Å². The van der Waals surface area contributed by atoms with E-state index in [1.54, 1.807) is 24.3 Å². The van der Waals surface area contributed by atoms with Crippen molar-refractivity contribution in [3.8, 4) is 11.5 Å². The SMILES string of the molecule is COC(=O)CC1C(=O)NCCN1C(=O)c1cccc(Oc2ccccc2)c1. The molecule has 1 aliphatic heterocycles. The summed E-state index contributed by atoms with van der Waals surface area (Å²) < 4.78 is 10.4. The Kier molecular flexibility index (Phi) is 5.71. The van der Waals surface area contributed by atoms with Crippen molar-refractivity contribution in [2.45, 2.75) is 12.5 Å². The Balaban J connectivity index is 1.80. The van der Waals surface area contributed by atoms with Crippen molar-refractivity contribution in [2.75, 3.05) is 20.2 Å². The maximum atomic E-state index is 13.0. The molecule has 2 aromatic carbocycles. The van der Waals surface area contributed by atoms with Gasteiger partial charge in [0.15, 0.2) is 0 Å². The number of ether oxygens (including phenoxy) is 2. The first-order valence-corrected chi connectivity index (χ1v) is 8.57. The maximum Gasteiger partial charge on any atom is 0.308 e. The van der Waals surface area contributed by atoms with E-state index in [9.17, 15) is 14.4 Å². The van der Waals surface area contributed by atoms with Crippen LogP contribution in [0.3, 0.4) is 0 Å². The molecule has 7 heteroatoms. The lowest BCUT2D eigenvalue weighted by atomic mass is 10.1. The second-order valence-electron chi connectivity index (χ2n) is 6.03. The van der Waals surface area contributed by atoms with Crippen LogP contribution in [0.2, 0.25) is 0 Å². The molecule has 1 unspecified atom stereocenters. The predicted molar refractivity (Wildman–Crippen MR) is 97.4 cm³/mol. The maximum absolute atomic E-state index is 13.0. The highest BCUT2D eigenvalue weighted by molar-refractivity contribution is 5.99. The van der Waals surface area contributed by atoms with Crippen LogP contribution in [0.1, 0.15) is 16.8 Å². The summed E-state index contributed by atoms with van der Waals surface area (Å²) in [7, 11) is 1.25. The second-order valence-corrected chi connectivity index (χ2v) is 6.03. The summed E-state index contributed by atoms with van der Waals surface area (Å²) in [5.74, 6) is -0.0778. The molecule has 1 atom stereocenters. The number of rotatable bonds is 5. The summed E-state index contributed by atoms with van der Waals surface area (Å²) in [5.41, 5.74) is 0.382. The molecular weight excluding hydrogens is 348 g/mol. The summed E-state index contributed by atoms with van der Waals surface area (Å²) in [4.78, 5) is 38.2. The zero-order chi connectivity index (χ0) is 19.2. The van der Waals surface area contributed by atoms with Gasteiger partial charge in [0.25, 0.3) is 5.91 Å². The normalized spacial score (nSPS) is 16.4. The molecular formula is C20H20N2O5. The van der Waals surface area contributed by atoms with E-state index in [4.69, 9.17) is 4.74 Å². The van der Waals surface area contributed by atoms with Gasteiger partial charge in [-0.3, -0.25) is 14.4 Å². The highest BCUT2D eigenvalue weighted by Gasteiger charge is 2.35. The van der Waals surface area contributed by atoms with Crippen LogP contribution >= 0.6 is 0 Å². The fraction of sp³-hybridized carbons (Fsp3) is 0.250. The average Bonchev–Trinajstić information content (AvgIpc) is 2.70. The van der Waals surface area contributed by atoms with Crippen LogP contribution in [-0.4, -0.2) is 48.9 Å². The van der Waals surface area contributed by atoms with E-state index in [2.05, 4.69) is 10.1 Å². The lowest BCUT2D eigenvalue weighted by molar-refractivity contribution is -0.145. The zero-order valence-corrected chi connectivity index (χ0v) is 14.9. The molecule has 0 saturated carbocycles. The van der Waals surface area contributed by atoms with Crippen molar-refractivity contribution < 1.29 is 23.9 Å². The largest absolute Gasteiger partial charge is 0.469 e. The van der Waals surface area contributed by atoms with Crippen LogP contribution in [0.15, 0.2) is 54.6 Å². The van der Waals surface area contributed by atoms with E-state index in [-0.39, 0.29) is 18.2 Å². The first-order valence-electron chi connectivity index (χ1n) is 8.57. The van der Waals surface area contributed by atoms with Crippen LogP contribution in [0, 0.1) is 0 Å². The van der Waals surface area contributed by atoms with Crippen molar-refractivity contribution in [1.29, 1.82) is 0 Å². The van der Waals surface area contributed by atoms with Crippen molar-refractivity contribution in [2.24, 2.45) is 0 Å². The molecule has 0 radical (unpaired) electrons. The molecule has 0 bridgehead atoms. The molecule has 7 nitrogen and oxygen atoms in total. The minimum absolute atomic E-state index is 0.186. The van der Waals surface area contributed by atoms with E-state index >= 15 is 0 Å². The second kappa shape index (κ2) is 8.35. The van der Waals surface area contributed by atoms with Crippen LogP contribution in [0.4, 0.5) is 0 Å². The van der Waals surface area contributed by atoms with E-state index in [1.807, 2.05) is 30.3 Å². The Hall–Kier alpha value is -3.35. The minimum atomic E-state index is -0.891. The van der Waals surface area contributed by atoms with E-state index in [0.717, 1.165) is 0 Å². The Labute approximate surface area is 156 Å². The molecule has 0 aromatic heterocycles. The van der Waals surface area contributed by atoms with Gasteiger partial charge in [-0.05, 0) is 30.3 Å². The Morgan fingerprint density at radius 3 is 2.59 bits per heavy atom. The molecule has 27 heavy (non-hydrogen) atoms. The number of esters is 1. The minimum Gasteiger partial charge on any atom is -0.469 e. The molecule has 1 fully saturated rings. The molecule has 1 saturated heterocycles. The van der Waals surface area contributed by atoms with Crippen molar-refractivity contribution >= 4 is 17.8 Å². The van der Waals surface area contributed by atoms with Gasteiger partial charge in [-0.1, -0.05) is 24.3 Å². The Morgan fingerprint density at radius 1 is 1.11 bits per heavy atom. The van der Waals surface area contributed by atoms with Crippen molar-refractivity contribution in [1.82, 2.24) is 10.2 Å². The molecule has 2 amide bonds. The smallest absolute Gasteiger partial charge is 0.308 e. The summed E-state index contributed by atoms with van der Waals surface area (Å²) in [6.45, 7) is 0.651. The molecule has 0 aliphatic carbocycles. The molecule has 1 N–H and O–H groups in total. The zero-order valence-electron chi connectivity index (χ0n) is 14.9. The van der Waals surface area contributed by atoms with Gasteiger partial charge < -0.3 is 19.7 Å². The van der Waals surface area contributed by atoms with Crippen LogP contribution < -0.4 is 10.1 Å². The van der Waals surface area contributed by atoms with E-state index < -0.39 is 12.0 Å². The van der Waals surface area contributed by atoms with Gasteiger partial charge in [-0.15, -0.1) is 0 Å². The van der Waals surface area contributed by atoms with Gasteiger partial charge in [0.2, 0.25) is 5.91 Å². The number of amides is 2. The van der Waals surface area contributed by atoms with Gasteiger partial charge in [-0.25, -0.2) is 0 Å². The Morgan fingerprint density at radius 2 is 1.85 bits per heavy atom. The molecule has 2 aromatic rings. The number of methoxy groups -OCH3 is 1. The third-order valence-corrected chi connectivity index (χ3v) is 4.24. The molecule has 0 spiro atoms. The lowest BCUT2D eigenvalue weighted by Crippen LogP contribution is -2.57. The molecule has 1 heterocycles. The van der Waals surface area contributed by atoms with Gasteiger partial charge in [0.05, 0.1) is 13.5 Å². The third kappa shape index (κ3) is 4.44. The number of carbonyl (C=O) groups excluding carboxylic acids is 3. The predicted octanol–water partition coefficient (Wildman–Crippen LogP) is 1.98. The number of nitrogens with one attached hydrogen (secondary N) is 1. The highest BCUT2D eigenvalue weighted by Crippen LogP contribution is 2.23. The van der Waals surface area contributed by atoms with Crippen molar-refractivity contribution in [3.05, 3.63) is 60.2 Å². The van der Waals surface area contributed by atoms with Gasteiger partial charge >= 0.3 is 5.97 Å². The number of piperazine rings is 1. The Bertz CT molecular complexity index is 837. The highest BCUT2D eigenvalue weighted by atomic mass is 16.5. The summed E-state index contributed by atoms with van der Waals surface area (Å²) in [6.07, 6.45) is -0.186. The monoisotopic (exact) mass is 368 g/mol. The standard InChI is InChI=1S/C20H20N2O5/c1-26-18(23)13-17-19(24)21-10-11-22(17)20(25)14-6-5-9-16(12-14)27-15-7-3-2-4-8-15/h2-9,12,17H,10-11,13H2,1H3,(H,21,24). The quantitative estimate of drug-likeness (QED) is 0.816. The van der Waals surface area contributed by atoms with E-state index in [0.29, 0.717) is 30.2 Å². The van der Waals surface area contributed by atoms with Crippen LogP contribution in [-0.2, 0) is 14.3 Å². The molecule has 1 aliphatic rings. The number of carbonyl (C=O) groups is 3. The summed E-state index contributed by atoms with van der Waals surface area (Å²) >= 11 is 0. The number of nitrogens with zero attached hydrogens (tertiary/aromatic N) is 1. The summed E-state index contributed by atoms with van der Waals surface area (Å²) in [6, 6.07) is 15.1. The van der Waals surface area contributed by atoms with Crippen molar-refractivity contribution in [3.63, 3.8) is 0 Å². The first kappa shape index (κ1) is 18.4. The number of hydrogen-bond donors (Lipinski definition) is 1. The average molecular weight is 368 g/mol. The van der Waals surface area contributed by atoms with Gasteiger partial charge in [0.1, 0.15) is 17.5 Å². The fourth-order valence-electron chi connectivity index (χ4n) is 2.88. The van der Waals surface area contributed by atoms with E-state index in [1.165, 1.54) is 12.0 Å². The topological polar surface area (TPSA) is 84.9 Å². The lowest BCUT2D eigenvalue weighted by Gasteiger charge is -2.34. The molecule has 140 valence electrons. The van der Waals surface area contributed by atoms with Crippen LogP contribution in [0.25, 0.3) is 0 Å². The number of hydrogen-bond acceptors (Lipinski definition) is 5. The molecule has 3 rings (SSSR count). The van der Waals surface area contributed by atoms with Gasteiger partial charge in [0, 0.05) is 18.7 Å². The summed E-state index contributed by atoms with van der Waals surface area (Å²) in [5, 5.41) is 2.68. The third-order valence-electron chi connectivity index (χ3n) is 4.24. The number of benzene rings is 2. The van der Waals surface area contributed by atoms with Crippen LogP contribution in [0.5, 0.6) is 11.5 Å². The first-order chi connectivity index (χ1) is 13.1. The fourth-order valence-corrected chi connectivity index (χ4v) is 2.88.